The molecule has 0 radical (unpaired) electrons. The molecule has 114 valence electrons. The van der Waals surface area contributed by atoms with Crippen molar-refractivity contribution in [3.63, 3.8) is 0 Å². The second-order valence-electron chi connectivity index (χ2n) is 4.41. The normalized spacial score (nSPS) is 12.3. The molecule has 0 heterocycles. The molecule has 0 aliphatic rings. The fraction of sp³-hybridized carbons (Fsp3) is 0.600. The van der Waals surface area contributed by atoms with Gasteiger partial charge in [0.25, 0.3) is 0 Å². The van der Waals surface area contributed by atoms with Crippen LogP contribution in [0.25, 0.3) is 0 Å². The zero-order chi connectivity index (χ0) is 14.6. The molecule has 0 spiro atoms. The number of benzene rings is 1. The summed E-state index contributed by atoms with van der Waals surface area (Å²) in [5, 5.41) is 12.9. The number of hydrogen-bond donors (Lipinski definition) is 2. The molecule has 1 rings (SSSR count). The first-order valence-corrected chi connectivity index (χ1v) is 6.93. The Kier molecular flexibility index (Phi) is 8.98. The van der Waals surface area contributed by atoms with E-state index < -0.39 is 6.10 Å². The van der Waals surface area contributed by atoms with Crippen LogP contribution in [-0.4, -0.2) is 51.3 Å². The van der Waals surface area contributed by atoms with Gasteiger partial charge < -0.3 is 24.6 Å². The summed E-state index contributed by atoms with van der Waals surface area (Å²) in [6.07, 6.45) is -0.512. The Morgan fingerprint density at radius 3 is 2.80 bits per heavy atom. The van der Waals surface area contributed by atoms with Gasteiger partial charge in [-0.05, 0) is 24.6 Å². The number of methoxy groups -OCH3 is 1. The molecule has 1 unspecified atom stereocenters. The summed E-state index contributed by atoms with van der Waals surface area (Å²) in [7, 11) is 1.65. The smallest absolute Gasteiger partial charge is 0.119 e. The third kappa shape index (κ3) is 7.45. The Bertz CT molecular complexity index is 359. The number of hydrogen-bond acceptors (Lipinski definition) is 5. The van der Waals surface area contributed by atoms with Crippen LogP contribution in [0, 0.1) is 0 Å². The average Bonchev–Trinajstić information content (AvgIpc) is 2.47. The van der Waals surface area contributed by atoms with E-state index in [1.165, 1.54) is 0 Å². The van der Waals surface area contributed by atoms with Crippen LogP contribution in [0.4, 0.5) is 0 Å². The Balaban J connectivity index is 2.10. The molecule has 5 nitrogen and oxygen atoms in total. The highest BCUT2D eigenvalue weighted by molar-refractivity contribution is 5.28. The van der Waals surface area contributed by atoms with E-state index in [0.717, 1.165) is 11.3 Å². The van der Waals surface area contributed by atoms with Crippen LogP contribution in [0.3, 0.4) is 0 Å². The van der Waals surface area contributed by atoms with E-state index in [9.17, 15) is 5.11 Å². The second kappa shape index (κ2) is 10.6. The van der Waals surface area contributed by atoms with Gasteiger partial charge in [-0.3, -0.25) is 0 Å². The van der Waals surface area contributed by atoms with Crippen molar-refractivity contribution in [3.8, 4) is 5.75 Å². The number of aliphatic hydroxyl groups is 1. The fourth-order valence-electron chi connectivity index (χ4n) is 1.71. The topological polar surface area (TPSA) is 60.0 Å². The van der Waals surface area contributed by atoms with Crippen LogP contribution in [0.5, 0.6) is 5.75 Å². The molecular weight excluding hydrogens is 258 g/mol. The lowest BCUT2D eigenvalue weighted by Gasteiger charge is -2.12. The summed E-state index contributed by atoms with van der Waals surface area (Å²) in [4.78, 5) is 0. The predicted molar refractivity (Wildman–Crippen MR) is 78.0 cm³/mol. The molecule has 0 aliphatic carbocycles. The average molecular weight is 283 g/mol. The maximum atomic E-state index is 9.73. The van der Waals surface area contributed by atoms with E-state index >= 15 is 0 Å². The summed E-state index contributed by atoms with van der Waals surface area (Å²) >= 11 is 0. The fourth-order valence-corrected chi connectivity index (χ4v) is 1.71. The van der Waals surface area contributed by atoms with Crippen LogP contribution in [0.1, 0.15) is 12.5 Å². The van der Waals surface area contributed by atoms with Crippen molar-refractivity contribution in [1.29, 1.82) is 0 Å². The third-order valence-corrected chi connectivity index (χ3v) is 2.73. The number of rotatable bonds is 11. The molecular formula is C15H25NO4. The Labute approximate surface area is 120 Å². The lowest BCUT2D eigenvalue weighted by molar-refractivity contribution is 0.00642. The highest BCUT2D eigenvalue weighted by Crippen LogP contribution is 2.11. The van der Waals surface area contributed by atoms with Crippen molar-refractivity contribution in [2.45, 2.75) is 19.6 Å². The van der Waals surface area contributed by atoms with Gasteiger partial charge in [-0.25, -0.2) is 0 Å². The zero-order valence-electron chi connectivity index (χ0n) is 12.3. The third-order valence-electron chi connectivity index (χ3n) is 2.73. The van der Waals surface area contributed by atoms with Crippen molar-refractivity contribution >= 4 is 0 Å². The van der Waals surface area contributed by atoms with Gasteiger partial charge in [-0.2, -0.15) is 0 Å². The minimum absolute atomic E-state index is 0.318. The molecule has 0 fully saturated rings. The van der Waals surface area contributed by atoms with Crippen molar-refractivity contribution in [3.05, 3.63) is 29.8 Å². The van der Waals surface area contributed by atoms with Gasteiger partial charge >= 0.3 is 0 Å². The van der Waals surface area contributed by atoms with Gasteiger partial charge in [0.2, 0.25) is 0 Å². The zero-order valence-corrected chi connectivity index (χ0v) is 12.3. The van der Waals surface area contributed by atoms with Crippen LogP contribution >= 0.6 is 0 Å². The van der Waals surface area contributed by atoms with Crippen molar-refractivity contribution < 1.29 is 19.3 Å². The monoisotopic (exact) mass is 283 g/mol. The van der Waals surface area contributed by atoms with Gasteiger partial charge in [0.05, 0.1) is 33.0 Å². The molecule has 0 aromatic heterocycles. The van der Waals surface area contributed by atoms with Gasteiger partial charge in [0, 0.05) is 19.7 Å². The molecule has 20 heavy (non-hydrogen) atoms. The van der Waals surface area contributed by atoms with Crippen LogP contribution < -0.4 is 10.1 Å². The first-order chi connectivity index (χ1) is 9.76. The van der Waals surface area contributed by atoms with Gasteiger partial charge in [-0.1, -0.05) is 12.1 Å². The molecule has 1 atom stereocenters. The molecule has 0 saturated carbocycles. The molecule has 2 N–H and O–H groups in total. The quantitative estimate of drug-likeness (QED) is 0.598. The molecule has 0 saturated heterocycles. The SMILES string of the molecule is CCOCCOCC(O)CNCc1cccc(OC)c1. The number of aliphatic hydroxyl groups excluding tert-OH is 1. The number of ether oxygens (including phenoxy) is 3. The highest BCUT2D eigenvalue weighted by atomic mass is 16.5. The van der Waals surface area contributed by atoms with Crippen molar-refractivity contribution in [2.75, 3.05) is 40.1 Å². The second-order valence-corrected chi connectivity index (χ2v) is 4.41. The van der Waals surface area contributed by atoms with Crippen molar-refractivity contribution in [2.24, 2.45) is 0 Å². The standard InChI is InChI=1S/C15H25NO4/c1-3-19-7-8-20-12-14(17)11-16-10-13-5-4-6-15(9-13)18-2/h4-6,9,14,16-17H,3,7-8,10-12H2,1-2H3. The minimum atomic E-state index is -0.512. The molecule has 1 aromatic rings. The first-order valence-electron chi connectivity index (χ1n) is 6.93. The molecule has 0 amide bonds. The summed E-state index contributed by atoms with van der Waals surface area (Å²) in [6.45, 7) is 5.21. The minimum Gasteiger partial charge on any atom is -0.497 e. The summed E-state index contributed by atoms with van der Waals surface area (Å²) in [6, 6.07) is 7.84. The summed E-state index contributed by atoms with van der Waals surface area (Å²) in [5.74, 6) is 0.837. The molecule has 0 aliphatic heterocycles. The highest BCUT2D eigenvalue weighted by Gasteiger charge is 2.04. The van der Waals surface area contributed by atoms with Gasteiger partial charge in [0.1, 0.15) is 5.75 Å². The largest absolute Gasteiger partial charge is 0.497 e. The molecule has 5 heteroatoms. The Morgan fingerprint density at radius 1 is 1.25 bits per heavy atom. The Morgan fingerprint density at radius 2 is 2.05 bits per heavy atom. The van der Waals surface area contributed by atoms with Crippen LogP contribution in [0.2, 0.25) is 0 Å². The molecule has 1 aromatic carbocycles. The van der Waals surface area contributed by atoms with E-state index in [-0.39, 0.29) is 0 Å². The predicted octanol–water partition coefficient (Wildman–Crippen LogP) is 1.20. The lowest BCUT2D eigenvalue weighted by atomic mass is 10.2. The van der Waals surface area contributed by atoms with E-state index in [4.69, 9.17) is 14.2 Å². The first kappa shape index (κ1) is 16.9. The molecule has 0 bridgehead atoms. The van der Waals surface area contributed by atoms with E-state index in [0.29, 0.717) is 39.5 Å². The van der Waals surface area contributed by atoms with E-state index in [1.807, 2.05) is 31.2 Å². The maximum absolute atomic E-state index is 9.73. The lowest BCUT2D eigenvalue weighted by Crippen LogP contribution is -2.30. The summed E-state index contributed by atoms with van der Waals surface area (Å²) < 4.78 is 15.6. The maximum Gasteiger partial charge on any atom is 0.119 e. The van der Waals surface area contributed by atoms with E-state index in [1.54, 1.807) is 7.11 Å². The van der Waals surface area contributed by atoms with Crippen LogP contribution in [-0.2, 0) is 16.0 Å². The van der Waals surface area contributed by atoms with Gasteiger partial charge in [-0.15, -0.1) is 0 Å². The Hall–Kier alpha value is -1.14. The number of nitrogens with one attached hydrogen (secondary N) is 1. The van der Waals surface area contributed by atoms with Crippen molar-refractivity contribution in [1.82, 2.24) is 5.32 Å². The van der Waals surface area contributed by atoms with Gasteiger partial charge in [0.15, 0.2) is 0 Å². The van der Waals surface area contributed by atoms with Crippen LogP contribution in [0.15, 0.2) is 24.3 Å². The summed E-state index contributed by atoms with van der Waals surface area (Å²) in [5.41, 5.74) is 1.12. The van der Waals surface area contributed by atoms with E-state index in [2.05, 4.69) is 5.32 Å².